The molecule has 3 rings (SSSR count). The first-order valence-corrected chi connectivity index (χ1v) is 12.6. The number of amides is 1. The van der Waals surface area contributed by atoms with Crippen molar-refractivity contribution in [2.45, 2.75) is 37.0 Å². The van der Waals surface area contributed by atoms with E-state index in [0.717, 1.165) is 30.5 Å². The minimum Gasteiger partial charge on any atom is -0.352 e. The summed E-state index contributed by atoms with van der Waals surface area (Å²) in [5.74, 6) is -0.199. The molecule has 0 atom stereocenters. The summed E-state index contributed by atoms with van der Waals surface area (Å²) in [6, 6.07) is 12.9. The van der Waals surface area contributed by atoms with Gasteiger partial charge in [0.05, 0.1) is 4.90 Å². The summed E-state index contributed by atoms with van der Waals surface area (Å²) < 4.78 is 28.4. The molecule has 162 valence electrons. The topological polar surface area (TPSA) is 78.5 Å². The average molecular weight is 494 g/mol. The Hall–Kier alpha value is -1.90. The minimum atomic E-state index is -3.72. The molecular weight excluding hydrogens is 466 g/mol. The van der Waals surface area contributed by atoms with Gasteiger partial charge in [0.15, 0.2) is 0 Å². The van der Waals surface area contributed by atoms with Crippen molar-refractivity contribution >= 4 is 37.5 Å². The van der Waals surface area contributed by atoms with Crippen LogP contribution in [0.15, 0.2) is 57.9 Å². The lowest BCUT2D eigenvalue weighted by Gasteiger charge is -2.19. The lowest BCUT2D eigenvalue weighted by atomic mass is 10.2. The molecule has 1 saturated heterocycles. The van der Waals surface area contributed by atoms with Crippen LogP contribution in [-0.2, 0) is 10.0 Å². The van der Waals surface area contributed by atoms with Crippen LogP contribution in [0.25, 0.3) is 0 Å². The number of hydrogen-bond donors (Lipinski definition) is 2. The molecule has 2 aromatic carbocycles. The van der Waals surface area contributed by atoms with Crippen molar-refractivity contribution in [1.82, 2.24) is 10.2 Å². The van der Waals surface area contributed by atoms with E-state index in [2.05, 4.69) is 30.9 Å². The minimum absolute atomic E-state index is 0.161. The lowest BCUT2D eigenvalue weighted by Crippen LogP contribution is -2.30. The molecule has 2 N–H and O–H groups in total. The van der Waals surface area contributed by atoms with E-state index >= 15 is 0 Å². The Morgan fingerprint density at radius 3 is 2.40 bits per heavy atom. The highest BCUT2D eigenvalue weighted by Gasteiger charge is 2.15. The second-order valence-electron chi connectivity index (χ2n) is 7.51. The van der Waals surface area contributed by atoms with Gasteiger partial charge in [-0.15, -0.1) is 0 Å². The summed E-state index contributed by atoms with van der Waals surface area (Å²) in [4.78, 5) is 15.1. The maximum Gasteiger partial charge on any atom is 0.261 e. The van der Waals surface area contributed by atoms with Crippen LogP contribution in [0.5, 0.6) is 0 Å². The quantitative estimate of drug-likeness (QED) is 0.538. The van der Waals surface area contributed by atoms with E-state index in [1.54, 1.807) is 36.4 Å². The lowest BCUT2D eigenvalue weighted by molar-refractivity contribution is 0.0951. The Balaban J connectivity index is 1.52. The number of sulfonamides is 1. The van der Waals surface area contributed by atoms with Gasteiger partial charge in [0.25, 0.3) is 15.9 Å². The van der Waals surface area contributed by atoms with Crippen LogP contribution in [0.1, 0.15) is 42.5 Å². The van der Waals surface area contributed by atoms with Crippen LogP contribution in [0.4, 0.5) is 5.69 Å². The van der Waals surface area contributed by atoms with E-state index in [1.807, 2.05) is 0 Å². The summed E-state index contributed by atoms with van der Waals surface area (Å²) in [7, 11) is -3.72. The van der Waals surface area contributed by atoms with E-state index in [1.165, 1.54) is 37.8 Å². The summed E-state index contributed by atoms with van der Waals surface area (Å²) in [5, 5.41) is 2.93. The molecule has 1 fully saturated rings. The van der Waals surface area contributed by atoms with Crippen LogP contribution >= 0.6 is 15.9 Å². The maximum absolute atomic E-state index is 12.5. The fraction of sp³-hybridized carbons (Fsp3) is 0.409. The average Bonchev–Trinajstić information content (AvgIpc) is 3.00. The number of carbonyl (C=O) groups is 1. The van der Waals surface area contributed by atoms with Gasteiger partial charge in [-0.2, -0.15) is 0 Å². The van der Waals surface area contributed by atoms with Crippen molar-refractivity contribution in [1.29, 1.82) is 0 Å². The van der Waals surface area contributed by atoms with Gasteiger partial charge < -0.3 is 10.2 Å². The van der Waals surface area contributed by atoms with E-state index < -0.39 is 10.0 Å². The molecule has 0 saturated carbocycles. The number of likely N-dealkylation sites (tertiary alicyclic amines) is 1. The molecule has 1 amide bonds. The number of nitrogens with zero attached hydrogens (tertiary/aromatic N) is 1. The molecule has 0 unspecified atom stereocenters. The standard InChI is InChI=1S/C22H28BrN3O3S/c23-19-9-11-21(12-10-19)30(28,29)25-20-8-5-7-18(17-20)22(27)24-13-6-16-26-14-3-1-2-4-15-26/h5,7-12,17,25H,1-4,6,13-16H2,(H,24,27). The van der Waals surface area contributed by atoms with Gasteiger partial charge >= 0.3 is 0 Å². The van der Waals surface area contributed by atoms with Gasteiger partial charge in [0.1, 0.15) is 0 Å². The highest BCUT2D eigenvalue weighted by Crippen LogP contribution is 2.19. The molecule has 0 radical (unpaired) electrons. The molecule has 0 bridgehead atoms. The van der Waals surface area contributed by atoms with Gasteiger partial charge in [-0.1, -0.05) is 34.8 Å². The van der Waals surface area contributed by atoms with Crippen LogP contribution in [0.3, 0.4) is 0 Å². The molecule has 6 nitrogen and oxygen atoms in total. The van der Waals surface area contributed by atoms with Crippen LogP contribution in [0.2, 0.25) is 0 Å². The molecule has 1 aliphatic rings. The largest absolute Gasteiger partial charge is 0.352 e. The van der Waals surface area contributed by atoms with Crippen molar-refractivity contribution in [3.05, 3.63) is 58.6 Å². The second-order valence-corrected chi connectivity index (χ2v) is 10.1. The first-order valence-electron chi connectivity index (χ1n) is 10.3. The third-order valence-electron chi connectivity index (χ3n) is 5.14. The Morgan fingerprint density at radius 1 is 1.00 bits per heavy atom. The zero-order valence-electron chi connectivity index (χ0n) is 16.9. The van der Waals surface area contributed by atoms with Crippen molar-refractivity contribution in [2.24, 2.45) is 0 Å². The monoisotopic (exact) mass is 493 g/mol. The van der Waals surface area contributed by atoms with Gasteiger partial charge in [-0.05, 0) is 81.4 Å². The third kappa shape index (κ3) is 6.82. The highest BCUT2D eigenvalue weighted by molar-refractivity contribution is 9.10. The highest BCUT2D eigenvalue weighted by atomic mass is 79.9. The van der Waals surface area contributed by atoms with Crippen molar-refractivity contribution in [3.63, 3.8) is 0 Å². The van der Waals surface area contributed by atoms with E-state index in [4.69, 9.17) is 0 Å². The van der Waals surface area contributed by atoms with Crippen molar-refractivity contribution in [3.8, 4) is 0 Å². The van der Waals surface area contributed by atoms with Gasteiger partial charge in [0, 0.05) is 22.3 Å². The molecule has 2 aromatic rings. The normalized spacial score (nSPS) is 15.4. The number of nitrogens with one attached hydrogen (secondary N) is 2. The second kappa shape index (κ2) is 10.9. The molecule has 0 aliphatic carbocycles. The van der Waals surface area contributed by atoms with Crippen LogP contribution in [-0.4, -0.2) is 45.4 Å². The Labute approximate surface area is 187 Å². The summed E-state index contributed by atoms with van der Waals surface area (Å²) in [6.45, 7) is 3.89. The number of anilines is 1. The Kier molecular flexibility index (Phi) is 8.30. The molecule has 8 heteroatoms. The first-order chi connectivity index (χ1) is 14.4. The van der Waals surface area contributed by atoms with Crippen LogP contribution in [0, 0.1) is 0 Å². The smallest absolute Gasteiger partial charge is 0.261 e. The van der Waals surface area contributed by atoms with Crippen molar-refractivity contribution in [2.75, 3.05) is 30.9 Å². The SMILES string of the molecule is O=C(NCCCN1CCCCCC1)c1cccc(NS(=O)(=O)c2ccc(Br)cc2)c1. The predicted octanol–water partition coefficient (Wildman–Crippen LogP) is 4.25. The maximum atomic E-state index is 12.5. The first kappa shape index (κ1) is 22.8. The number of rotatable bonds is 8. The molecular formula is C22H28BrN3O3S. The predicted molar refractivity (Wildman–Crippen MR) is 123 cm³/mol. The van der Waals surface area contributed by atoms with E-state index in [0.29, 0.717) is 17.8 Å². The number of carbonyl (C=O) groups excluding carboxylic acids is 1. The van der Waals surface area contributed by atoms with Gasteiger partial charge in [-0.25, -0.2) is 8.42 Å². The molecule has 0 spiro atoms. The van der Waals surface area contributed by atoms with Crippen molar-refractivity contribution < 1.29 is 13.2 Å². The molecule has 1 aliphatic heterocycles. The zero-order valence-corrected chi connectivity index (χ0v) is 19.3. The fourth-order valence-electron chi connectivity index (χ4n) is 3.52. The fourth-order valence-corrected chi connectivity index (χ4v) is 4.83. The summed E-state index contributed by atoms with van der Waals surface area (Å²) >= 11 is 3.29. The molecule has 0 aromatic heterocycles. The van der Waals surface area contributed by atoms with E-state index in [9.17, 15) is 13.2 Å². The summed E-state index contributed by atoms with van der Waals surface area (Å²) in [6.07, 6.45) is 6.05. The number of hydrogen-bond acceptors (Lipinski definition) is 4. The third-order valence-corrected chi connectivity index (χ3v) is 7.06. The molecule has 1 heterocycles. The van der Waals surface area contributed by atoms with E-state index in [-0.39, 0.29) is 10.8 Å². The van der Waals surface area contributed by atoms with Crippen LogP contribution < -0.4 is 10.0 Å². The summed E-state index contributed by atoms with van der Waals surface area (Å²) in [5.41, 5.74) is 0.788. The Bertz CT molecular complexity index is 940. The molecule has 30 heavy (non-hydrogen) atoms. The Morgan fingerprint density at radius 2 is 1.70 bits per heavy atom. The number of benzene rings is 2. The van der Waals surface area contributed by atoms with Gasteiger partial charge in [0.2, 0.25) is 0 Å². The van der Waals surface area contributed by atoms with Gasteiger partial charge in [-0.3, -0.25) is 9.52 Å². The zero-order chi connectivity index (χ0) is 21.4. The number of halogens is 1.